The molecule has 0 radical (unpaired) electrons. The maximum Gasteiger partial charge on any atom is 0.362 e. The third-order valence-electron chi connectivity index (χ3n) is 4.27. The second kappa shape index (κ2) is 7.60. The Morgan fingerprint density at radius 2 is 1.67 bits per heavy atom. The van der Waals surface area contributed by atoms with E-state index in [4.69, 9.17) is 16.3 Å². The average molecular weight is 374 g/mol. The molecule has 27 heavy (non-hydrogen) atoms. The third kappa shape index (κ3) is 3.99. The molecular weight excluding hydrogens is 358 g/mol. The van der Waals surface area contributed by atoms with Gasteiger partial charge in [0.1, 0.15) is 11.4 Å². The number of hydrogen-bond acceptors (Lipinski definition) is 3. The number of carbonyl (C=O) groups excluding carboxylic acids is 1. The Morgan fingerprint density at radius 3 is 2.52 bits per heavy atom. The largest absolute Gasteiger partial charge is 0.421 e. The third-order valence-corrected chi connectivity index (χ3v) is 4.51. The summed E-state index contributed by atoms with van der Waals surface area (Å²) in [5.74, 6) is 0.000555. The molecule has 0 saturated carbocycles. The molecule has 0 amide bonds. The van der Waals surface area contributed by atoms with E-state index in [-0.39, 0.29) is 5.69 Å². The monoisotopic (exact) mass is 373 g/mol. The van der Waals surface area contributed by atoms with E-state index in [1.807, 2.05) is 66.7 Å². The highest BCUT2D eigenvalue weighted by molar-refractivity contribution is 6.30. The van der Waals surface area contributed by atoms with Crippen molar-refractivity contribution in [2.24, 2.45) is 0 Å². The maximum atomic E-state index is 12.6. The first kappa shape index (κ1) is 17.3. The molecule has 4 heteroatoms. The molecule has 0 saturated heterocycles. The van der Waals surface area contributed by atoms with E-state index in [1.165, 1.54) is 0 Å². The van der Waals surface area contributed by atoms with Gasteiger partial charge in [-0.1, -0.05) is 66.2 Å². The molecule has 0 spiro atoms. The number of rotatable bonds is 4. The highest BCUT2D eigenvalue weighted by Gasteiger charge is 2.14. The van der Waals surface area contributed by atoms with Crippen LogP contribution >= 0.6 is 11.6 Å². The van der Waals surface area contributed by atoms with Gasteiger partial charge in [-0.3, -0.25) is 0 Å². The molecule has 1 aromatic heterocycles. The number of benzene rings is 3. The van der Waals surface area contributed by atoms with Gasteiger partial charge in [0.25, 0.3) is 0 Å². The van der Waals surface area contributed by atoms with E-state index in [0.717, 1.165) is 22.0 Å². The van der Waals surface area contributed by atoms with E-state index in [0.29, 0.717) is 17.2 Å². The molecule has 0 aliphatic rings. The molecule has 4 rings (SSSR count). The van der Waals surface area contributed by atoms with Gasteiger partial charge in [-0.05, 0) is 35.9 Å². The van der Waals surface area contributed by atoms with Crippen LogP contribution in [-0.4, -0.2) is 11.0 Å². The van der Waals surface area contributed by atoms with Crippen LogP contribution in [0, 0.1) is 0 Å². The van der Waals surface area contributed by atoms with Gasteiger partial charge in [-0.15, -0.1) is 0 Å². The summed E-state index contributed by atoms with van der Waals surface area (Å²) in [6, 6.07) is 26.4. The second-order valence-corrected chi connectivity index (χ2v) is 6.63. The maximum absolute atomic E-state index is 12.6. The minimum atomic E-state index is -0.489. The quantitative estimate of drug-likeness (QED) is 0.340. The lowest BCUT2D eigenvalue weighted by Crippen LogP contribution is -2.12. The van der Waals surface area contributed by atoms with Crippen molar-refractivity contribution < 1.29 is 9.53 Å². The van der Waals surface area contributed by atoms with Crippen LogP contribution in [0.25, 0.3) is 10.9 Å². The molecule has 0 bridgehead atoms. The Hall–Kier alpha value is -3.17. The van der Waals surface area contributed by atoms with Gasteiger partial charge in [0, 0.05) is 22.4 Å². The van der Waals surface area contributed by atoms with Crippen LogP contribution in [0.1, 0.15) is 21.6 Å². The molecule has 0 fully saturated rings. The van der Waals surface area contributed by atoms with Crippen LogP contribution in [0.3, 0.4) is 0 Å². The van der Waals surface area contributed by atoms with Crippen molar-refractivity contribution in [1.82, 2.24) is 4.98 Å². The SMILES string of the molecule is O=C(Oc1ccc(Cl)cc1Cc1ccccc1)c1ccc2ccccc2n1. The number of pyridine rings is 1. The van der Waals surface area contributed by atoms with Gasteiger partial charge in [-0.25, -0.2) is 9.78 Å². The lowest BCUT2D eigenvalue weighted by molar-refractivity contribution is 0.0727. The van der Waals surface area contributed by atoms with E-state index >= 15 is 0 Å². The fourth-order valence-corrected chi connectivity index (χ4v) is 3.13. The van der Waals surface area contributed by atoms with Crippen molar-refractivity contribution >= 4 is 28.5 Å². The number of fused-ring (bicyclic) bond motifs is 1. The van der Waals surface area contributed by atoms with E-state index < -0.39 is 5.97 Å². The number of halogens is 1. The Morgan fingerprint density at radius 1 is 0.889 bits per heavy atom. The molecule has 0 aliphatic heterocycles. The number of esters is 1. The van der Waals surface area contributed by atoms with Crippen molar-refractivity contribution in [3.05, 3.63) is 107 Å². The minimum Gasteiger partial charge on any atom is -0.421 e. The fourth-order valence-electron chi connectivity index (χ4n) is 2.93. The Bertz CT molecular complexity index is 1110. The molecule has 3 aromatic carbocycles. The summed E-state index contributed by atoms with van der Waals surface area (Å²) in [7, 11) is 0. The van der Waals surface area contributed by atoms with Crippen LogP contribution in [0.2, 0.25) is 5.02 Å². The van der Waals surface area contributed by atoms with Crippen LogP contribution in [0.4, 0.5) is 0 Å². The lowest BCUT2D eigenvalue weighted by Gasteiger charge is -2.11. The van der Waals surface area contributed by atoms with Gasteiger partial charge in [0.05, 0.1) is 5.52 Å². The highest BCUT2D eigenvalue weighted by atomic mass is 35.5. The second-order valence-electron chi connectivity index (χ2n) is 6.19. The summed E-state index contributed by atoms with van der Waals surface area (Å²) >= 11 is 6.15. The van der Waals surface area contributed by atoms with Crippen molar-refractivity contribution in [2.45, 2.75) is 6.42 Å². The van der Waals surface area contributed by atoms with Crippen LogP contribution in [-0.2, 0) is 6.42 Å². The number of aromatic nitrogens is 1. The molecule has 4 aromatic rings. The zero-order valence-electron chi connectivity index (χ0n) is 14.4. The normalized spacial score (nSPS) is 10.7. The predicted molar refractivity (Wildman–Crippen MR) is 107 cm³/mol. The van der Waals surface area contributed by atoms with Crippen molar-refractivity contribution in [3.8, 4) is 5.75 Å². The summed E-state index contributed by atoms with van der Waals surface area (Å²) < 4.78 is 5.65. The standard InChI is InChI=1S/C23H16ClNO2/c24-19-11-13-22(18(15-19)14-16-6-2-1-3-7-16)27-23(26)21-12-10-17-8-4-5-9-20(17)25-21/h1-13,15H,14H2. The molecule has 0 N–H and O–H groups in total. The molecule has 0 atom stereocenters. The van der Waals surface area contributed by atoms with Gasteiger partial charge in [-0.2, -0.15) is 0 Å². The predicted octanol–water partition coefficient (Wildman–Crippen LogP) is 5.70. The van der Waals surface area contributed by atoms with E-state index in [1.54, 1.807) is 18.2 Å². The smallest absolute Gasteiger partial charge is 0.362 e. The first-order valence-electron chi connectivity index (χ1n) is 8.59. The molecule has 3 nitrogen and oxygen atoms in total. The Labute approximate surface area is 162 Å². The van der Waals surface area contributed by atoms with Crippen molar-refractivity contribution in [2.75, 3.05) is 0 Å². The number of para-hydroxylation sites is 1. The van der Waals surface area contributed by atoms with Crippen molar-refractivity contribution in [3.63, 3.8) is 0 Å². The van der Waals surface area contributed by atoms with Gasteiger partial charge in [0.2, 0.25) is 0 Å². The summed E-state index contributed by atoms with van der Waals surface area (Å²) in [6.07, 6.45) is 0.620. The molecule has 0 aliphatic carbocycles. The zero-order valence-corrected chi connectivity index (χ0v) is 15.2. The fraction of sp³-hybridized carbons (Fsp3) is 0.0435. The summed E-state index contributed by atoms with van der Waals surface area (Å²) in [4.78, 5) is 17.0. The molecule has 132 valence electrons. The summed E-state index contributed by atoms with van der Waals surface area (Å²) in [6.45, 7) is 0. The molecule has 1 heterocycles. The molecule has 0 unspecified atom stereocenters. The van der Waals surface area contributed by atoms with Gasteiger partial charge < -0.3 is 4.74 Å². The van der Waals surface area contributed by atoms with Crippen molar-refractivity contribution in [1.29, 1.82) is 0 Å². The van der Waals surface area contributed by atoms with Gasteiger partial charge in [0.15, 0.2) is 0 Å². The van der Waals surface area contributed by atoms with Crippen LogP contribution in [0.15, 0.2) is 84.9 Å². The molecular formula is C23H16ClNO2. The first-order valence-corrected chi connectivity index (χ1v) is 8.97. The van der Waals surface area contributed by atoms with E-state index in [2.05, 4.69) is 4.98 Å². The highest BCUT2D eigenvalue weighted by Crippen LogP contribution is 2.26. The average Bonchev–Trinajstić information content (AvgIpc) is 2.70. The number of ether oxygens (including phenoxy) is 1. The summed E-state index contributed by atoms with van der Waals surface area (Å²) in [5.41, 5.74) is 2.99. The summed E-state index contributed by atoms with van der Waals surface area (Å²) in [5, 5.41) is 1.58. The van der Waals surface area contributed by atoms with E-state index in [9.17, 15) is 4.79 Å². The Balaban J connectivity index is 1.62. The number of carbonyl (C=O) groups is 1. The topological polar surface area (TPSA) is 39.2 Å². The lowest BCUT2D eigenvalue weighted by atomic mass is 10.0. The number of nitrogens with zero attached hydrogens (tertiary/aromatic N) is 1. The zero-order chi connectivity index (χ0) is 18.6. The first-order chi connectivity index (χ1) is 13.2. The van der Waals surface area contributed by atoms with Crippen LogP contribution in [0.5, 0.6) is 5.75 Å². The Kier molecular flexibility index (Phi) is 4.86. The van der Waals surface area contributed by atoms with Crippen LogP contribution < -0.4 is 4.74 Å². The van der Waals surface area contributed by atoms with Gasteiger partial charge >= 0.3 is 5.97 Å². The number of hydrogen-bond donors (Lipinski definition) is 0. The minimum absolute atomic E-state index is 0.273.